The second-order valence-electron chi connectivity index (χ2n) is 4.58. The second kappa shape index (κ2) is 4.50. The molecule has 0 unspecified atom stereocenters. The fourth-order valence-corrected chi connectivity index (χ4v) is 2.03. The van der Waals surface area contributed by atoms with Gasteiger partial charge >= 0.3 is 0 Å². The standard InChI is InChI=1S/C15H18N2/c1-10-6-11(2)8-14(7-10)17-15-5-4-13(16)9-12(15)3/h4-9,17H,16H2,1-3H3. The van der Waals surface area contributed by atoms with Crippen molar-refractivity contribution in [2.24, 2.45) is 0 Å². The van der Waals surface area contributed by atoms with Crippen LogP contribution in [-0.4, -0.2) is 0 Å². The predicted molar refractivity (Wildman–Crippen MR) is 74.8 cm³/mol. The van der Waals surface area contributed by atoms with Gasteiger partial charge in [0, 0.05) is 17.1 Å². The van der Waals surface area contributed by atoms with Crippen molar-refractivity contribution in [1.29, 1.82) is 0 Å². The maximum atomic E-state index is 5.74. The van der Waals surface area contributed by atoms with Crippen molar-refractivity contribution in [1.82, 2.24) is 0 Å². The molecular formula is C15H18N2. The quantitative estimate of drug-likeness (QED) is 0.761. The van der Waals surface area contributed by atoms with Crippen LogP contribution in [0, 0.1) is 20.8 Å². The molecule has 3 N–H and O–H groups in total. The minimum atomic E-state index is 0.800. The Hall–Kier alpha value is -1.96. The van der Waals surface area contributed by atoms with E-state index < -0.39 is 0 Å². The molecule has 0 radical (unpaired) electrons. The summed E-state index contributed by atoms with van der Waals surface area (Å²) >= 11 is 0. The van der Waals surface area contributed by atoms with Crippen LogP contribution in [-0.2, 0) is 0 Å². The molecule has 0 aliphatic heterocycles. The molecular weight excluding hydrogens is 208 g/mol. The van der Waals surface area contributed by atoms with Crippen LogP contribution < -0.4 is 11.1 Å². The van der Waals surface area contributed by atoms with Gasteiger partial charge < -0.3 is 11.1 Å². The third kappa shape index (κ3) is 2.78. The van der Waals surface area contributed by atoms with Gasteiger partial charge in [0.2, 0.25) is 0 Å². The van der Waals surface area contributed by atoms with Crippen LogP contribution in [0.1, 0.15) is 16.7 Å². The number of rotatable bonds is 2. The van der Waals surface area contributed by atoms with Crippen LogP contribution >= 0.6 is 0 Å². The average molecular weight is 226 g/mol. The van der Waals surface area contributed by atoms with Crippen LogP contribution in [0.3, 0.4) is 0 Å². The van der Waals surface area contributed by atoms with Gasteiger partial charge in [0.1, 0.15) is 0 Å². The minimum Gasteiger partial charge on any atom is -0.399 e. The van der Waals surface area contributed by atoms with Crippen LogP contribution in [0.25, 0.3) is 0 Å². The fraction of sp³-hybridized carbons (Fsp3) is 0.200. The molecule has 0 atom stereocenters. The monoisotopic (exact) mass is 226 g/mol. The molecule has 2 aromatic carbocycles. The van der Waals surface area contributed by atoms with E-state index in [0.717, 1.165) is 22.6 Å². The first-order valence-corrected chi connectivity index (χ1v) is 5.76. The Morgan fingerprint density at radius 2 is 1.53 bits per heavy atom. The first-order chi connectivity index (χ1) is 8.04. The summed E-state index contributed by atoms with van der Waals surface area (Å²) in [6.45, 7) is 6.27. The summed E-state index contributed by atoms with van der Waals surface area (Å²) in [4.78, 5) is 0. The van der Waals surface area contributed by atoms with Gasteiger partial charge in [-0.2, -0.15) is 0 Å². The zero-order valence-electron chi connectivity index (χ0n) is 10.5. The van der Waals surface area contributed by atoms with Crippen molar-refractivity contribution >= 4 is 17.1 Å². The van der Waals surface area contributed by atoms with Gasteiger partial charge in [0.15, 0.2) is 0 Å². The second-order valence-corrected chi connectivity index (χ2v) is 4.58. The van der Waals surface area contributed by atoms with E-state index in [4.69, 9.17) is 5.73 Å². The summed E-state index contributed by atoms with van der Waals surface area (Å²) in [6.07, 6.45) is 0. The van der Waals surface area contributed by atoms with E-state index in [-0.39, 0.29) is 0 Å². The Balaban J connectivity index is 2.31. The maximum absolute atomic E-state index is 5.74. The van der Waals surface area contributed by atoms with E-state index in [9.17, 15) is 0 Å². The van der Waals surface area contributed by atoms with Gasteiger partial charge in [0.05, 0.1) is 0 Å². The molecule has 0 aliphatic rings. The molecule has 17 heavy (non-hydrogen) atoms. The molecule has 2 rings (SSSR count). The number of hydrogen-bond donors (Lipinski definition) is 2. The lowest BCUT2D eigenvalue weighted by molar-refractivity contribution is 1.36. The summed E-state index contributed by atoms with van der Waals surface area (Å²) < 4.78 is 0. The van der Waals surface area contributed by atoms with Crippen molar-refractivity contribution in [2.45, 2.75) is 20.8 Å². The predicted octanol–water partition coefficient (Wildman–Crippen LogP) is 3.94. The van der Waals surface area contributed by atoms with Gasteiger partial charge in [-0.25, -0.2) is 0 Å². The van der Waals surface area contributed by atoms with Gasteiger partial charge in [-0.3, -0.25) is 0 Å². The minimum absolute atomic E-state index is 0.800. The summed E-state index contributed by atoms with van der Waals surface area (Å²) in [5.74, 6) is 0. The molecule has 0 saturated heterocycles. The highest BCUT2D eigenvalue weighted by Crippen LogP contribution is 2.23. The SMILES string of the molecule is Cc1cc(C)cc(Nc2ccc(N)cc2C)c1. The van der Waals surface area contributed by atoms with E-state index >= 15 is 0 Å². The van der Waals surface area contributed by atoms with Gasteiger partial charge in [-0.15, -0.1) is 0 Å². The third-order valence-corrected chi connectivity index (χ3v) is 2.75. The maximum Gasteiger partial charge on any atom is 0.0415 e. The van der Waals surface area contributed by atoms with E-state index in [1.54, 1.807) is 0 Å². The van der Waals surface area contributed by atoms with Crippen LogP contribution in [0.15, 0.2) is 36.4 Å². The Kier molecular flexibility index (Phi) is 3.05. The number of nitrogens with two attached hydrogens (primary N) is 1. The zero-order valence-corrected chi connectivity index (χ0v) is 10.5. The van der Waals surface area contributed by atoms with Gasteiger partial charge in [-0.1, -0.05) is 6.07 Å². The molecule has 88 valence electrons. The Bertz CT molecular complexity index is 524. The van der Waals surface area contributed by atoms with Gasteiger partial charge in [-0.05, 0) is 67.8 Å². The van der Waals surface area contributed by atoms with Crippen LogP contribution in [0.2, 0.25) is 0 Å². The topological polar surface area (TPSA) is 38.0 Å². The van der Waals surface area contributed by atoms with E-state index in [1.165, 1.54) is 11.1 Å². The first-order valence-electron chi connectivity index (χ1n) is 5.76. The average Bonchev–Trinajstić information content (AvgIpc) is 2.21. The fourth-order valence-electron chi connectivity index (χ4n) is 2.03. The van der Waals surface area contributed by atoms with Gasteiger partial charge in [0.25, 0.3) is 0 Å². The summed E-state index contributed by atoms with van der Waals surface area (Å²) in [6, 6.07) is 12.4. The molecule has 0 aliphatic carbocycles. The first kappa shape index (κ1) is 11.5. The number of benzene rings is 2. The van der Waals surface area contributed by atoms with Crippen molar-refractivity contribution in [2.75, 3.05) is 11.1 Å². The molecule has 0 aromatic heterocycles. The number of nitrogens with one attached hydrogen (secondary N) is 1. The smallest absolute Gasteiger partial charge is 0.0415 e. The molecule has 0 saturated carbocycles. The van der Waals surface area contributed by atoms with Crippen molar-refractivity contribution < 1.29 is 0 Å². The normalized spacial score (nSPS) is 10.3. The van der Waals surface area contributed by atoms with E-state index in [0.29, 0.717) is 0 Å². The van der Waals surface area contributed by atoms with Crippen molar-refractivity contribution in [3.63, 3.8) is 0 Å². The van der Waals surface area contributed by atoms with E-state index in [1.807, 2.05) is 18.2 Å². The molecule has 0 fully saturated rings. The van der Waals surface area contributed by atoms with Crippen LogP contribution in [0.5, 0.6) is 0 Å². The molecule has 2 aromatic rings. The highest BCUT2D eigenvalue weighted by atomic mass is 14.9. The number of aryl methyl sites for hydroxylation is 3. The highest BCUT2D eigenvalue weighted by Gasteiger charge is 2.00. The van der Waals surface area contributed by atoms with Crippen molar-refractivity contribution in [3.05, 3.63) is 53.1 Å². The molecule has 2 heteroatoms. The third-order valence-electron chi connectivity index (χ3n) is 2.75. The Labute approximate surface area is 102 Å². The van der Waals surface area contributed by atoms with E-state index in [2.05, 4.69) is 44.3 Å². The summed E-state index contributed by atoms with van der Waals surface area (Å²) in [5, 5.41) is 3.43. The lowest BCUT2D eigenvalue weighted by atomic mass is 10.1. The molecule has 0 bridgehead atoms. The Morgan fingerprint density at radius 1 is 0.882 bits per heavy atom. The summed E-state index contributed by atoms with van der Waals surface area (Å²) in [7, 11) is 0. The number of hydrogen-bond acceptors (Lipinski definition) is 2. The highest BCUT2D eigenvalue weighted by molar-refractivity contribution is 5.66. The summed E-state index contributed by atoms with van der Waals surface area (Å²) in [5.41, 5.74) is 12.4. The molecule has 0 heterocycles. The number of nitrogen functional groups attached to an aromatic ring is 1. The molecule has 0 amide bonds. The number of anilines is 3. The zero-order chi connectivity index (χ0) is 12.4. The lowest BCUT2D eigenvalue weighted by Crippen LogP contribution is -1.95. The Morgan fingerprint density at radius 3 is 2.12 bits per heavy atom. The largest absolute Gasteiger partial charge is 0.399 e. The lowest BCUT2D eigenvalue weighted by Gasteiger charge is -2.11. The molecule has 2 nitrogen and oxygen atoms in total. The van der Waals surface area contributed by atoms with Crippen molar-refractivity contribution in [3.8, 4) is 0 Å². The van der Waals surface area contributed by atoms with Crippen LogP contribution in [0.4, 0.5) is 17.1 Å². The molecule has 0 spiro atoms.